The summed E-state index contributed by atoms with van der Waals surface area (Å²) in [5.74, 6) is 0.639. The summed E-state index contributed by atoms with van der Waals surface area (Å²) >= 11 is 0. The molecule has 0 aromatic heterocycles. The SMILES string of the molecule is CCCCCCCCCOc1cccc(N2C=C(CC(C)OC(C)=O)N=CC2)c1. The summed E-state index contributed by atoms with van der Waals surface area (Å²) in [4.78, 5) is 17.7. The number of anilines is 1. The first-order chi connectivity index (χ1) is 14.1. The third-order valence-corrected chi connectivity index (χ3v) is 4.87. The number of hydrogen-bond donors (Lipinski definition) is 0. The maximum atomic E-state index is 11.1. The second kappa shape index (κ2) is 13.0. The van der Waals surface area contributed by atoms with Gasteiger partial charge in [-0.25, -0.2) is 0 Å². The van der Waals surface area contributed by atoms with E-state index in [1.807, 2.05) is 31.5 Å². The van der Waals surface area contributed by atoms with Gasteiger partial charge in [-0.3, -0.25) is 9.79 Å². The first-order valence-corrected chi connectivity index (χ1v) is 11.0. The molecule has 1 unspecified atom stereocenters. The van der Waals surface area contributed by atoms with E-state index in [2.05, 4.69) is 28.9 Å². The Morgan fingerprint density at radius 1 is 1.17 bits per heavy atom. The summed E-state index contributed by atoms with van der Waals surface area (Å²) in [5.41, 5.74) is 1.98. The monoisotopic (exact) mass is 400 g/mol. The predicted molar refractivity (Wildman–Crippen MR) is 120 cm³/mol. The molecule has 0 saturated heterocycles. The lowest BCUT2D eigenvalue weighted by atomic mass is 10.1. The van der Waals surface area contributed by atoms with Crippen LogP contribution in [0, 0.1) is 0 Å². The summed E-state index contributed by atoms with van der Waals surface area (Å²) in [6.45, 7) is 7.04. The Kier molecular flexibility index (Phi) is 10.3. The third-order valence-electron chi connectivity index (χ3n) is 4.87. The van der Waals surface area contributed by atoms with Crippen molar-refractivity contribution >= 4 is 17.9 Å². The van der Waals surface area contributed by atoms with E-state index >= 15 is 0 Å². The predicted octanol–water partition coefficient (Wildman–Crippen LogP) is 5.89. The molecular weight excluding hydrogens is 364 g/mol. The van der Waals surface area contributed by atoms with Crippen LogP contribution in [0.1, 0.15) is 72.1 Å². The summed E-state index contributed by atoms with van der Waals surface area (Å²) in [5, 5.41) is 0. The van der Waals surface area contributed by atoms with Crippen molar-refractivity contribution in [3.05, 3.63) is 36.2 Å². The van der Waals surface area contributed by atoms with Gasteiger partial charge in [-0.1, -0.05) is 51.5 Å². The first-order valence-electron chi connectivity index (χ1n) is 11.0. The van der Waals surface area contributed by atoms with Crippen molar-refractivity contribution < 1.29 is 14.3 Å². The van der Waals surface area contributed by atoms with Crippen LogP contribution in [-0.4, -0.2) is 31.4 Å². The third kappa shape index (κ3) is 9.16. The van der Waals surface area contributed by atoms with E-state index in [-0.39, 0.29) is 12.1 Å². The first kappa shape index (κ1) is 23.0. The van der Waals surface area contributed by atoms with Crippen molar-refractivity contribution in [2.24, 2.45) is 4.99 Å². The van der Waals surface area contributed by atoms with Crippen molar-refractivity contribution in [1.82, 2.24) is 0 Å². The standard InChI is InChI=1S/C24H36N2O3/c1-4-5-6-7-8-9-10-16-28-24-13-11-12-23(18-24)26-15-14-25-22(19-26)17-20(2)29-21(3)27/h11-14,18-20H,4-10,15-17H2,1-3H3. The Bertz CT molecular complexity index is 684. The Hall–Kier alpha value is -2.30. The smallest absolute Gasteiger partial charge is 0.302 e. The van der Waals surface area contributed by atoms with Gasteiger partial charge in [-0.15, -0.1) is 0 Å². The highest BCUT2D eigenvalue weighted by Crippen LogP contribution is 2.24. The molecule has 0 N–H and O–H groups in total. The van der Waals surface area contributed by atoms with Crippen LogP contribution >= 0.6 is 0 Å². The van der Waals surface area contributed by atoms with Gasteiger partial charge in [0.2, 0.25) is 0 Å². The molecule has 2 rings (SSSR count). The lowest BCUT2D eigenvalue weighted by Gasteiger charge is -2.24. The van der Waals surface area contributed by atoms with E-state index in [4.69, 9.17) is 9.47 Å². The van der Waals surface area contributed by atoms with E-state index in [9.17, 15) is 4.79 Å². The zero-order chi connectivity index (χ0) is 20.9. The zero-order valence-corrected chi connectivity index (χ0v) is 18.2. The van der Waals surface area contributed by atoms with Crippen LogP contribution < -0.4 is 9.64 Å². The minimum Gasteiger partial charge on any atom is -0.494 e. The van der Waals surface area contributed by atoms with Crippen LogP contribution in [0.5, 0.6) is 5.75 Å². The van der Waals surface area contributed by atoms with E-state index in [0.717, 1.165) is 30.2 Å². The molecule has 1 aromatic carbocycles. The van der Waals surface area contributed by atoms with Gasteiger partial charge in [-0.05, 0) is 25.5 Å². The number of nitrogens with zero attached hydrogens (tertiary/aromatic N) is 2. The highest BCUT2D eigenvalue weighted by Gasteiger charge is 2.13. The van der Waals surface area contributed by atoms with E-state index in [1.54, 1.807) is 0 Å². The average molecular weight is 401 g/mol. The lowest BCUT2D eigenvalue weighted by Crippen LogP contribution is -2.23. The molecule has 0 saturated carbocycles. The fourth-order valence-corrected chi connectivity index (χ4v) is 3.42. The fourth-order valence-electron chi connectivity index (χ4n) is 3.42. The molecule has 1 heterocycles. The Balaban J connectivity index is 1.80. The number of unbranched alkanes of at least 4 members (excludes halogenated alkanes) is 6. The van der Waals surface area contributed by atoms with Crippen LogP contribution in [0.2, 0.25) is 0 Å². The summed E-state index contributed by atoms with van der Waals surface area (Å²) in [6.07, 6.45) is 13.3. The summed E-state index contributed by atoms with van der Waals surface area (Å²) in [7, 11) is 0. The van der Waals surface area contributed by atoms with Crippen LogP contribution in [0.15, 0.2) is 41.2 Å². The van der Waals surface area contributed by atoms with Gasteiger partial charge in [0.1, 0.15) is 11.9 Å². The molecule has 5 heteroatoms. The molecule has 29 heavy (non-hydrogen) atoms. The largest absolute Gasteiger partial charge is 0.494 e. The second-order valence-electron chi connectivity index (χ2n) is 7.68. The Labute approximate surface area is 175 Å². The molecule has 0 amide bonds. The van der Waals surface area contributed by atoms with Crippen molar-refractivity contribution in [3.63, 3.8) is 0 Å². The molecular formula is C24H36N2O3. The van der Waals surface area contributed by atoms with Gasteiger partial charge < -0.3 is 14.4 Å². The number of aliphatic imine (C=N–C) groups is 1. The molecule has 0 aliphatic carbocycles. The maximum absolute atomic E-state index is 11.1. The topological polar surface area (TPSA) is 51.1 Å². The molecule has 1 aliphatic rings. The molecule has 1 aromatic rings. The highest BCUT2D eigenvalue weighted by atomic mass is 16.5. The van der Waals surface area contributed by atoms with Crippen molar-refractivity contribution in [1.29, 1.82) is 0 Å². The van der Waals surface area contributed by atoms with E-state index < -0.39 is 0 Å². The second-order valence-corrected chi connectivity index (χ2v) is 7.68. The quantitative estimate of drug-likeness (QED) is 0.306. The van der Waals surface area contributed by atoms with E-state index in [1.165, 1.54) is 45.4 Å². The van der Waals surface area contributed by atoms with Gasteiger partial charge in [0, 0.05) is 37.5 Å². The van der Waals surface area contributed by atoms with Crippen LogP contribution in [0.3, 0.4) is 0 Å². The van der Waals surface area contributed by atoms with Crippen LogP contribution in [-0.2, 0) is 9.53 Å². The Morgan fingerprint density at radius 3 is 2.69 bits per heavy atom. The molecule has 160 valence electrons. The van der Waals surface area contributed by atoms with Gasteiger partial charge >= 0.3 is 5.97 Å². The van der Waals surface area contributed by atoms with Crippen molar-refractivity contribution in [3.8, 4) is 5.75 Å². The van der Waals surface area contributed by atoms with Gasteiger partial charge in [-0.2, -0.15) is 0 Å². The van der Waals surface area contributed by atoms with E-state index in [0.29, 0.717) is 13.0 Å². The van der Waals surface area contributed by atoms with Gasteiger partial charge in [0.05, 0.1) is 18.8 Å². The zero-order valence-electron chi connectivity index (χ0n) is 18.2. The number of rotatable bonds is 13. The molecule has 5 nitrogen and oxygen atoms in total. The number of carbonyl (C=O) groups is 1. The molecule has 0 fully saturated rings. The minimum atomic E-state index is -0.263. The molecule has 1 atom stereocenters. The Morgan fingerprint density at radius 2 is 1.93 bits per heavy atom. The number of carbonyl (C=O) groups excluding carboxylic acids is 1. The molecule has 0 radical (unpaired) electrons. The minimum absolute atomic E-state index is 0.188. The fraction of sp³-hybridized carbons (Fsp3) is 0.583. The van der Waals surface area contributed by atoms with Crippen molar-refractivity contribution in [2.45, 2.75) is 78.2 Å². The van der Waals surface area contributed by atoms with Crippen LogP contribution in [0.4, 0.5) is 5.69 Å². The van der Waals surface area contributed by atoms with Crippen molar-refractivity contribution in [2.75, 3.05) is 18.1 Å². The summed E-state index contributed by atoms with van der Waals surface area (Å²) in [6, 6.07) is 8.18. The van der Waals surface area contributed by atoms with Crippen LogP contribution in [0.25, 0.3) is 0 Å². The maximum Gasteiger partial charge on any atom is 0.302 e. The van der Waals surface area contributed by atoms with Gasteiger partial charge in [0.15, 0.2) is 0 Å². The molecule has 1 aliphatic heterocycles. The lowest BCUT2D eigenvalue weighted by molar-refractivity contribution is -0.145. The molecule has 0 bridgehead atoms. The molecule has 0 spiro atoms. The average Bonchev–Trinajstić information content (AvgIpc) is 2.70. The number of esters is 1. The number of ether oxygens (including phenoxy) is 2. The number of hydrogen-bond acceptors (Lipinski definition) is 5. The normalized spacial score (nSPS) is 14.4. The highest BCUT2D eigenvalue weighted by molar-refractivity contribution is 5.71. The summed E-state index contributed by atoms with van der Waals surface area (Å²) < 4.78 is 11.2. The number of benzene rings is 1. The van der Waals surface area contributed by atoms with Gasteiger partial charge in [0.25, 0.3) is 0 Å².